The number of hydrogen-bond donors (Lipinski definition) is 2. The molecular weight excluding hydrogens is 513 g/mol. The lowest BCUT2D eigenvalue weighted by Crippen LogP contribution is -2.66. The van der Waals surface area contributed by atoms with Gasteiger partial charge in [0.1, 0.15) is 11.4 Å². The van der Waals surface area contributed by atoms with Crippen molar-refractivity contribution in [3.05, 3.63) is 59.2 Å². The Kier molecular flexibility index (Phi) is 7.98. The van der Waals surface area contributed by atoms with Gasteiger partial charge in [0.25, 0.3) is 0 Å². The molecule has 2 aromatic rings. The van der Waals surface area contributed by atoms with Gasteiger partial charge in [-0.3, -0.25) is 24.4 Å². The number of carboxylic acids is 1. The lowest BCUT2D eigenvalue weighted by molar-refractivity contribution is -0.163. The Balaban J connectivity index is 1.34. The highest BCUT2D eigenvalue weighted by molar-refractivity contribution is 5.97. The van der Waals surface area contributed by atoms with Gasteiger partial charge in [-0.25, -0.2) is 4.39 Å². The number of aliphatic carboxylic acids is 1. The fourth-order valence-electron chi connectivity index (χ4n) is 6.13. The third kappa shape index (κ3) is 5.76. The van der Waals surface area contributed by atoms with Crippen molar-refractivity contribution in [3.63, 3.8) is 0 Å². The number of aromatic nitrogens is 1. The van der Waals surface area contributed by atoms with Crippen LogP contribution in [0.4, 0.5) is 10.1 Å². The van der Waals surface area contributed by atoms with Gasteiger partial charge in [0.2, 0.25) is 5.91 Å². The Morgan fingerprint density at radius 3 is 2.67 bits per heavy atom. The third-order valence-electron chi connectivity index (χ3n) is 8.58. The fourth-order valence-corrected chi connectivity index (χ4v) is 6.13. The molecule has 2 fully saturated rings. The van der Waals surface area contributed by atoms with Gasteiger partial charge in [-0.2, -0.15) is 0 Å². The zero-order valence-corrected chi connectivity index (χ0v) is 23.8. The second kappa shape index (κ2) is 11.2. The van der Waals surface area contributed by atoms with Crippen molar-refractivity contribution < 1.29 is 23.8 Å². The number of pyridine rings is 1. The van der Waals surface area contributed by atoms with Crippen LogP contribution in [0, 0.1) is 5.82 Å². The van der Waals surface area contributed by atoms with Crippen LogP contribution in [0.15, 0.2) is 36.5 Å². The van der Waals surface area contributed by atoms with E-state index in [4.69, 9.17) is 9.72 Å². The van der Waals surface area contributed by atoms with Crippen LogP contribution in [-0.4, -0.2) is 102 Å². The zero-order valence-electron chi connectivity index (χ0n) is 23.8. The second-order valence-electron chi connectivity index (χ2n) is 12.3. The van der Waals surface area contributed by atoms with Crippen molar-refractivity contribution in [2.24, 2.45) is 0 Å². The minimum absolute atomic E-state index is 0.00892. The molecule has 40 heavy (non-hydrogen) atoms. The largest absolute Gasteiger partial charge is 0.480 e. The van der Waals surface area contributed by atoms with Gasteiger partial charge in [0.05, 0.1) is 31.1 Å². The van der Waals surface area contributed by atoms with Crippen LogP contribution >= 0.6 is 0 Å². The van der Waals surface area contributed by atoms with E-state index in [0.29, 0.717) is 45.8 Å². The summed E-state index contributed by atoms with van der Waals surface area (Å²) in [6.45, 7) is 11.9. The molecule has 0 radical (unpaired) electrons. The molecule has 2 saturated heterocycles. The van der Waals surface area contributed by atoms with Gasteiger partial charge in [-0.1, -0.05) is 26.0 Å². The van der Waals surface area contributed by atoms with Crippen LogP contribution in [0.2, 0.25) is 0 Å². The highest BCUT2D eigenvalue weighted by Gasteiger charge is 2.45. The van der Waals surface area contributed by atoms with E-state index in [1.165, 1.54) is 12.1 Å². The number of benzene rings is 1. The third-order valence-corrected chi connectivity index (χ3v) is 8.58. The number of amides is 1. The van der Waals surface area contributed by atoms with Crippen molar-refractivity contribution in [1.82, 2.24) is 20.1 Å². The highest BCUT2D eigenvalue weighted by Crippen LogP contribution is 2.40. The summed E-state index contributed by atoms with van der Waals surface area (Å²) in [5.74, 6) is -1.16. The number of fused-ring (bicyclic) bond motifs is 1. The summed E-state index contributed by atoms with van der Waals surface area (Å²) in [6, 6.07) is 8.69. The number of rotatable bonds is 7. The zero-order chi connectivity index (χ0) is 28.7. The van der Waals surface area contributed by atoms with Crippen LogP contribution in [0.3, 0.4) is 0 Å². The van der Waals surface area contributed by atoms with Gasteiger partial charge in [0.15, 0.2) is 0 Å². The van der Waals surface area contributed by atoms with E-state index >= 15 is 0 Å². The molecule has 3 aliphatic heterocycles. The SMILES string of the molecule is C[C@@H]1CN(CC(=O)N2CC(C)(C)c3ncc(Cc4ccc(F)cc4)cc32)[C@@H](CN2CCOCC2(C)C(=O)O)CN1. The molecule has 9 nitrogen and oxygen atoms in total. The van der Waals surface area contributed by atoms with Gasteiger partial charge in [0, 0.05) is 56.4 Å². The summed E-state index contributed by atoms with van der Waals surface area (Å²) >= 11 is 0. The number of piperazine rings is 1. The maximum Gasteiger partial charge on any atom is 0.326 e. The molecule has 10 heteroatoms. The molecule has 5 rings (SSSR count). The summed E-state index contributed by atoms with van der Waals surface area (Å²) in [6.07, 6.45) is 2.45. The Bertz CT molecular complexity index is 1260. The first-order valence-corrected chi connectivity index (χ1v) is 14.0. The topological polar surface area (TPSA) is 98.2 Å². The molecule has 0 saturated carbocycles. The Morgan fingerprint density at radius 2 is 1.95 bits per heavy atom. The van der Waals surface area contributed by atoms with Crippen molar-refractivity contribution in [2.75, 3.05) is 57.4 Å². The van der Waals surface area contributed by atoms with Crippen molar-refractivity contribution in [3.8, 4) is 0 Å². The first kappa shape index (κ1) is 28.6. The Morgan fingerprint density at radius 1 is 1.20 bits per heavy atom. The van der Waals surface area contributed by atoms with Crippen LogP contribution in [0.25, 0.3) is 0 Å². The molecule has 0 spiro atoms. The average molecular weight is 554 g/mol. The van der Waals surface area contributed by atoms with E-state index < -0.39 is 11.5 Å². The number of nitrogens with one attached hydrogen (secondary N) is 1. The molecule has 1 aromatic heterocycles. The first-order chi connectivity index (χ1) is 19.0. The molecule has 1 unspecified atom stereocenters. The predicted octanol–water partition coefficient (Wildman–Crippen LogP) is 2.27. The number of halogens is 1. The molecule has 2 N–H and O–H groups in total. The minimum atomic E-state index is -1.10. The Hall–Kier alpha value is -2.92. The Labute approximate surface area is 235 Å². The first-order valence-electron chi connectivity index (χ1n) is 14.0. The highest BCUT2D eigenvalue weighted by atomic mass is 19.1. The van der Waals surface area contributed by atoms with Crippen molar-refractivity contribution in [1.29, 1.82) is 0 Å². The minimum Gasteiger partial charge on any atom is -0.480 e. The molecule has 4 heterocycles. The number of ether oxygens (including phenoxy) is 1. The van der Waals surface area contributed by atoms with Gasteiger partial charge < -0.3 is 20.1 Å². The summed E-state index contributed by atoms with van der Waals surface area (Å²) in [5.41, 5.74) is 2.30. The van der Waals surface area contributed by atoms with E-state index in [1.807, 2.05) is 22.1 Å². The fraction of sp³-hybridized carbons (Fsp3) is 0.567. The van der Waals surface area contributed by atoms with Crippen molar-refractivity contribution >= 4 is 17.6 Å². The number of nitrogens with zero attached hydrogens (tertiary/aromatic N) is 4. The lowest BCUT2D eigenvalue weighted by Gasteiger charge is -2.46. The number of hydrogen-bond acceptors (Lipinski definition) is 7. The van der Waals surface area contributed by atoms with E-state index in [2.05, 4.69) is 31.0 Å². The van der Waals surface area contributed by atoms with Gasteiger partial charge in [-0.15, -0.1) is 0 Å². The summed E-state index contributed by atoms with van der Waals surface area (Å²) in [4.78, 5) is 36.8. The molecule has 0 bridgehead atoms. The van der Waals surface area contributed by atoms with Crippen LogP contribution in [0.5, 0.6) is 0 Å². The van der Waals surface area contributed by atoms with Crippen molar-refractivity contribution in [2.45, 2.75) is 57.2 Å². The van der Waals surface area contributed by atoms with E-state index in [1.54, 1.807) is 19.1 Å². The molecule has 3 atom stereocenters. The number of carbonyl (C=O) groups is 2. The van der Waals surface area contributed by atoms with Crippen LogP contribution in [0.1, 0.15) is 44.5 Å². The standard InChI is InChI=1S/C30H40FN5O4/c1-20-15-34(24(14-32-20)16-35-9-10-40-19-30(35,4)28(38)39)17-26(37)36-18-29(2,3)27-25(36)12-22(13-33-27)11-21-5-7-23(31)8-6-21/h5-8,12-13,20,24,32H,9-11,14-19H2,1-4H3,(H,38,39)/t20-,24-,30?/m1/s1. The number of carboxylic acid groups (broad SMARTS) is 1. The molecule has 0 aliphatic carbocycles. The maximum absolute atomic E-state index is 13.9. The molecular formula is C30H40FN5O4. The molecule has 216 valence electrons. The second-order valence-corrected chi connectivity index (χ2v) is 12.3. The maximum atomic E-state index is 13.9. The summed E-state index contributed by atoms with van der Waals surface area (Å²) < 4.78 is 18.9. The molecule has 1 amide bonds. The molecule has 3 aliphatic rings. The number of anilines is 1. The van der Waals surface area contributed by atoms with E-state index in [-0.39, 0.29) is 42.4 Å². The van der Waals surface area contributed by atoms with E-state index in [9.17, 15) is 19.1 Å². The van der Waals surface area contributed by atoms with Gasteiger partial charge >= 0.3 is 5.97 Å². The number of carbonyl (C=O) groups excluding carboxylic acids is 1. The average Bonchev–Trinajstić information content (AvgIpc) is 3.18. The van der Waals surface area contributed by atoms with Gasteiger partial charge in [-0.05, 0) is 49.6 Å². The number of morpholine rings is 1. The summed E-state index contributed by atoms with van der Waals surface area (Å²) in [5, 5.41) is 13.4. The van der Waals surface area contributed by atoms with Crippen LogP contribution < -0.4 is 10.2 Å². The normalized spacial score (nSPS) is 27.0. The quantitative estimate of drug-likeness (QED) is 0.539. The predicted molar refractivity (Wildman–Crippen MR) is 150 cm³/mol. The van der Waals surface area contributed by atoms with Crippen LogP contribution in [-0.2, 0) is 26.2 Å². The monoisotopic (exact) mass is 553 g/mol. The smallest absolute Gasteiger partial charge is 0.326 e. The summed E-state index contributed by atoms with van der Waals surface area (Å²) in [7, 11) is 0. The molecule has 1 aromatic carbocycles. The van der Waals surface area contributed by atoms with E-state index in [0.717, 1.165) is 22.5 Å². The lowest BCUT2D eigenvalue weighted by atomic mass is 9.91.